The number of nitrogens with zero attached hydrogens (tertiary/aromatic N) is 4. The molecule has 35 heavy (non-hydrogen) atoms. The molecule has 0 aliphatic carbocycles. The molecule has 0 spiro atoms. The molecule has 0 aliphatic rings. The van der Waals surface area contributed by atoms with Gasteiger partial charge in [0.25, 0.3) is 6.67 Å². The number of hydrogen-bond acceptors (Lipinski definition) is 4. The van der Waals surface area contributed by atoms with E-state index in [0.29, 0.717) is 11.7 Å². The standard InChI is InChI=1S/C29H30ClN5/c1-31-23-34(20-21-35(25-10-4-2-5-11-25)26-12-6-3-7-13-26)19-9-8-17-32-28-16-18-33-29-22-24(30)14-15-27(28)29/h2-7,10-16,18,22H,8-9,17,19-21,23H2,(H,32,33). The molecule has 0 amide bonds. The molecule has 4 rings (SSSR count). The second kappa shape index (κ2) is 12.8. The summed E-state index contributed by atoms with van der Waals surface area (Å²) in [5, 5.41) is 5.31. The summed E-state index contributed by atoms with van der Waals surface area (Å²) in [5.74, 6) is 0. The Morgan fingerprint density at radius 2 is 1.54 bits per heavy atom. The molecular weight excluding hydrogens is 454 g/mol. The maximum atomic E-state index is 7.41. The molecule has 0 aliphatic heterocycles. The fourth-order valence-corrected chi connectivity index (χ4v) is 4.34. The second-order valence-electron chi connectivity index (χ2n) is 8.39. The molecule has 0 unspecified atom stereocenters. The van der Waals surface area contributed by atoms with Gasteiger partial charge in [0.15, 0.2) is 0 Å². The Balaban J connectivity index is 1.29. The van der Waals surface area contributed by atoms with Crippen LogP contribution in [0.25, 0.3) is 15.7 Å². The van der Waals surface area contributed by atoms with Gasteiger partial charge >= 0.3 is 0 Å². The van der Waals surface area contributed by atoms with E-state index in [1.165, 1.54) is 0 Å². The number of para-hydroxylation sites is 2. The predicted molar refractivity (Wildman–Crippen MR) is 147 cm³/mol. The summed E-state index contributed by atoms with van der Waals surface area (Å²) in [6, 6.07) is 28.7. The molecule has 1 heterocycles. The van der Waals surface area contributed by atoms with Crippen molar-refractivity contribution in [1.29, 1.82) is 0 Å². The Morgan fingerprint density at radius 3 is 2.23 bits per heavy atom. The molecule has 0 atom stereocenters. The van der Waals surface area contributed by atoms with Crippen LogP contribution in [-0.4, -0.2) is 42.7 Å². The van der Waals surface area contributed by atoms with Crippen LogP contribution in [0.3, 0.4) is 0 Å². The molecule has 5 nitrogen and oxygen atoms in total. The Hall–Kier alpha value is -3.59. The number of hydrogen-bond donors (Lipinski definition) is 1. The van der Waals surface area contributed by atoms with E-state index < -0.39 is 0 Å². The minimum Gasteiger partial charge on any atom is -0.384 e. The molecule has 178 valence electrons. The fourth-order valence-electron chi connectivity index (χ4n) is 4.18. The zero-order chi connectivity index (χ0) is 24.3. The maximum Gasteiger partial charge on any atom is 0.270 e. The van der Waals surface area contributed by atoms with Crippen molar-refractivity contribution in [2.75, 3.05) is 43.1 Å². The molecule has 0 saturated carbocycles. The number of pyridine rings is 1. The van der Waals surface area contributed by atoms with Crippen molar-refractivity contribution in [2.24, 2.45) is 0 Å². The highest BCUT2D eigenvalue weighted by molar-refractivity contribution is 6.31. The van der Waals surface area contributed by atoms with E-state index in [0.717, 1.165) is 67.0 Å². The molecule has 0 bridgehead atoms. The van der Waals surface area contributed by atoms with Crippen LogP contribution in [0.1, 0.15) is 12.8 Å². The Morgan fingerprint density at radius 1 is 0.829 bits per heavy atom. The summed E-state index contributed by atoms with van der Waals surface area (Å²) in [6.07, 6.45) is 3.85. The third-order valence-corrected chi connectivity index (χ3v) is 6.20. The summed E-state index contributed by atoms with van der Waals surface area (Å²) >= 11 is 6.10. The molecule has 1 aromatic heterocycles. The Bertz CT molecular complexity index is 1200. The second-order valence-corrected chi connectivity index (χ2v) is 8.83. The van der Waals surface area contributed by atoms with E-state index >= 15 is 0 Å². The van der Waals surface area contributed by atoms with Crippen molar-refractivity contribution < 1.29 is 0 Å². The van der Waals surface area contributed by atoms with Gasteiger partial charge in [-0.3, -0.25) is 9.83 Å². The van der Waals surface area contributed by atoms with Crippen LogP contribution in [-0.2, 0) is 0 Å². The molecule has 3 aromatic carbocycles. The number of rotatable bonds is 12. The van der Waals surface area contributed by atoms with Crippen molar-refractivity contribution in [2.45, 2.75) is 12.8 Å². The van der Waals surface area contributed by atoms with E-state index in [9.17, 15) is 0 Å². The third kappa shape index (κ3) is 6.95. The van der Waals surface area contributed by atoms with Gasteiger partial charge in [-0.15, -0.1) is 0 Å². The predicted octanol–water partition coefficient (Wildman–Crippen LogP) is 7.10. The largest absolute Gasteiger partial charge is 0.384 e. The SMILES string of the molecule is [C-]#[N+]CN(CCCCNc1ccnc2cc(Cl)ccc12)CCN(c1ccccc1)c1ccccc1. The van der Waals surface area contributed by atoms with E-state index in [1.54, 1.807) is 0 Å². The average Bonchev–Trinajstić information content (AvgIpc) is 2.89. The van der Waals surface area contributed by atoms with Gasteiger partial charge in [-0.25, -0.2) is 11.5 Å². The molecular formula is C29H30ClN5. The summed E-state index contributed by atoms with van der Waals surface area (Å²) < 4.78 is 0. The van der Waals surface area contributed by atoms with Gasteiger partial charge in [-0.2, -0.15) is 0 Å². The van der Waals surface area contributed by atoms with E-state index in [2.05, 4.69) is 73.5 Å². The highest BCUT2D eigenvalue weighted by atomic mass is 35.5. The maximum absolute atomic E-state index is 7.41. The summed E-state index contributed by atoms with van der Waals surface area (Å²) in [4.78, 5) is 12.6. The van der Waals surface area contributed by atoms with Crippen molar-refractivity contribution in [3.05, 3.63) is 108 Å². The van der Waals surface area contributed by atoms with Gasteiger partial charge in [-0.05, 0) is 61.4 Å². The lowest BCUT2D eigenvalue weighted by Crippen LogP contribution is -2.33. The number of fused-ring (bicyclic) bond motifs is 1. The van der Waals surface area contributed by atoms with Crippen LogP contribution in [0, 0.1) is 6.57 Å². The number of aromatic nitrogens is 1. The van der Waals surface area contributed by atoms with Crippen molar-refractivity contribution >= 4 is 39.6 Å². The quantitative estimate of drug-likeness (QED) is 0.172. The van der Waals surface area contributed by atoms with Crippen LogP contribution in [0.2, 0.25) is 5.02 Å². The zero-order valence-electron chi connectivity index (χ0n) is 19.8. The number of halogens is 1. The Labute approximate surface area is 212 Å². The molecule has 0 radical (unpaired) electrons. The lowest BCUT2D eigenvalue weighted by molar-refractivity contribution is 0.303. The van der Waals surface area contributed by atoms with Crippen LogP contribution < -0.4 is 10.2 Å². The van der Waals surface area contributed by atoms with Gasteiger partial charge in [0.1, 0.15) is 0 Å². The van der Waals surface area contributed by atoms with E-state index in [4.69, 9.17) is 18.2 Å². The molecule has 1 N–H and O–H groups in total. The number of benzene rings is 3. The van der Waals surface area contributed by atoms with Gasteiger partial charge in [0.2, 0.25) is 0 Å². The molecule has 6 heteroatoms. The van der Waals surface area contributed by atoms with Crippen molar-refractivity contribution in [1.82, 2.24) is 9.88 Å². The summed E-state index contributed by atoms with van der Waals surface area (Å²) in [5.41, 5.74) is 4.30. The first-order chi connectivity index (χ1) is 17.2. The lowest BCUT2D eigenvalue weighted by atomic mass is 10.2. The monoisotopic (exact) mass is 483 g/mol. The van der Waals surface area contributed by atoms with Gasteiger partial charge in [0.05, 0.1) is 5.52 Å². The van der Waals surface area contributed by atoms with Crippen LogP contribution in [0.5, 0.6) is 0 Å². The van der Waals surface area contributed by atoms with Gasteiger partial charge in [0, 0.05) is 59.8 Å². The average molecular weight is 484 g/mol. The molecule has 0 fully saturated rings. The third-order valence-electron chi connectivity index (χ3n) is 5.97. The highest BCUT2D eigenvalue weighted by Crippen LogP contribution is 2.25. The van der Waals surface area contributed by atoms with Crippen LogP contribution in [0.4, 0.5) is 17.1 Å². The van der Waals surface area contributed by atoms with Crippen molar-refractivity contribution in [3.8, 4) is 0 Å². The Kier molecular flexibility index (Phi) is 8.94. The fraction of sp³-hybridized carbons (Fsp3) is 0.241. The van der Waals surface area contributed by atoms with Gasteiger partial charge < -0.3 is 10.2 Å². The van der Waals surface area contributed by atoms with E-state index in [1.807, 2.05) is 42.6 Å². The zero-order valence-corrected chi connectivity index (χ0v) is 20.5. The van der Waals surface area contributed by atoms with E-state index in [-0.39, 0.29) is 0 Å². The molecule has 4 aromatic rings. The normalized spacial score (nSPS) is 10.9. The number of nitrogens with one attached hydrogen (secondary N) is 1. The lowest BCUT2D eigenvalue weighted by Gasteiger charge is -2.27. The minimum atomic E-state index is 0.417. The molecule has 0 saturated heterocycles. The summed E-state index contributed by atoms with van der Waals surface area (Å²) in [7, 11) is 0. The topological polar surface area (TPSA) is 35.8 Å². The van der Waals surface area contributed by atoms with Crippen LogP contribution in [0.15, 0.2) is 91.1 Å². The first-order valence-electron chi connectivity index (χ1n) is 12.0. The van der Waals surface area contributed by atoms with Crippen LogP contribution >= 0.6 is 11.6 Å². The smallest absolute Gasteiger partial charge is 0.270 e. The highest BCUT2D eigenvalue weighted by Gasteiger charge is 2.13. The number of unbranched alkanes of at least 4 members (excludes halogenated alkanes) is 1. The first kappa shape index (κ1) is 24.5. The minimum absolute atomic E-state index is 0.417. The summed E-state index contributed by atoms with van der Waals surface area (Å²) in [6.45, 7) is 11.2. The first-order valence-corrected chi connectivity index (χ1v) is 12.3. The van der Waals surface area contributed by atoms with Gasteiger partial charge in [-0.1, -0.05) is 48.0 Å². The number of anilines is 3. The van der Waals surface area contributed by atoms with Crippen molar-refractivity contribution in [3.63, 3.8) is 0 Å².